The summed E-state index contributed by atoms with van der Waals surface area (Å²) in [5.74, 6) is 0.680. The maximum absolute atomic E-state index is 11.5. The van der Waals surface area contributed by atoms with Crippen molar-refractivity contribution >= 4 is 6.16 Å². The standard InChI is InChI=1S/C16H30O5/c1-15(2,3)11-18-21-20-14(17)19-13-9-7-12(8-10-13)16(4,5)6/h12-13H,7-11H2,1-6H3. The van der Waals surface area contributed by atoms with Crippen LogP contribution in [0.2, 0.25) is 0 Å². The van der Waals surface area contributed by atoms with Gasteiger partial charge in [-0.2, -0.15) is 4.89 Å². The molecule has 1 fully saturated rings. The van der Waals surface area contributed by atoms with E-state index in [1.165, 1.54) is 0 Å². The highest BCUT2D eigenvalue weighted by molar-refractivity contribution is 5.59. The van der Waals surface area contributed by atoms with Crippen molar-refractivity contribution in [3.63, 3.8) is 0 Å². The van der Waals surface area contributed by atoms with Crippen molar-refractivity contribution < 1.29 is 24.3 Å². The maximum atomic E-state index is 11.5. The van der Waals surface area contributed by atoms with E-state index in [1.54, 1.807) is 0 Å². The van der Waals surface area contributed by atoms with Gasteiger partial charge in [-0.15, -0.1) is 0 Å². The van der Waals surface area contributed by atoms with Crippen LogP contribution in [0.15, 0.2) is 0 Å². The highest BCUT2D eigenvalue weighted by Crippen LogP contribution is 2.38. The molecular formula is C16H30O5. The van der Waals surface area contributed by atoms with Crippen LogP contribution in [0.5, 0.6) is 0 Å². The van der Waals surface area contributed by atoms with Gasteiger partial charge in [0, 0.05) is 0 Å². The third kappa shape index (κ3) is 7.67. The Labute approximate surface area is 128 Å². The van der Waals surface area contributed by atoms with Crippen LogP contribution >= 0.6 is 0 Å². The lowest BCUT2D eigenvalue weighted by Gasteiger charge is -2.36. The monoisotopic (exact) mass is 302 g/mol. The molecule has 0 aromatic rings. The molecule has 1 saturated carbocycles. The Bertz CT molecular complexity index is 319. The summed E-state index contributed by atoms with van der Waals surface area (Å²) in [6.45, 7) is 13.1. The SMILES string of the molecule is CC(C)(C)COOOC(=O)OC1CCC(C(C)(C)C)CC1. The third-order valence-corrected chi connectivity index (χ3v) is 3.80. The predicted octanol–water partition coefficient (Wildman–Crippen LogP) is 4.65. The van der Waals surface area contributed by atoms with Crippen molar-refractivity contribution in [2.24, 2.45) is 16.7 Å². The lowest BCUT2D eigenvalue weighted by molar-refractivity contribution is -0.491. The second kappa shape index (κ2) is 7.45. The average Bonchev–Trinajstić information content (AvgIpc) is 2.33. The van der Waals surface area contributed by atoms with E-state index in [0.717, 1.165) is 25.7 Å². The minimum atomic E-state index is -0.830. The number of rotatable bonds is 4. The number of ether oxygens (including phenoxy) is 1. The van der Waals surface area contributed by atoms with E-state index in [2.05, 4.69) is 30.7 Å². The van der Waals surface area contributed by atoms with Crippen LogP contribution in [-0.2, 0) is 19.6 Å². The summed E-state index contributed by atoms with van der Waals surface area (Å²) >= 11 is 0. The molecule has 0 atom stereocenters. The van der Waals surface area contributed by atoms with E-state index >= 15 is 0 Å². The van der Waals surface area contributed by atoms with Gasteiger partial charge in [-0.25, -0.2) is 9.68 Å². The Hall–Kier alpha value is -0.810. The third-order valence-electron chi connectivity index (χ3n) is 3.80. The van der Waals surface area contributed by atoms with Crippen molar-refractivity contribution in [1.82, 2.24) is 0 Å². The first-order valence-electron chi connectivity index (χ1n) is 7.75. The molecule has 5 nitrogen and oxygen atoms in total. The zero-order valence-corrected chi connectivity index (χ0v) is 14.2. The number of carbonyl (C=O) groups is 1. The fraction of sp³-hybridized carbons (Fsp3) is 0.938. The van der Waals surface area contributed by atoms with Crippen molar-refractivity contribution in [3.8, 4) is 0 Å². The fourth-order valence-electron chi connectivity index (χ4n) is 2.46. The smallest absolute Gasteiger partial charge is 0.429 e. The van der Waals surface area contributed by atoms with E-state index in [1.807, 2.05) is 20.8 Å². The van der Waals surface area contributed by atoms with E-state index < -0.39 is 6.16 Å². The lowest BCUT2D eigenvalue weighted by atomic mass is 9.72. The van der Waals surface area contributed by atoms with Gasteiger partial charge in [-0.1, -0.05) is 41.5 Å². The largest absolute Gasteiger partial charge is 0.542 e. The molecule has 0 saturated heterocycles. The summed E-state index contributed by atoms with van der Waals surface area (Å²) in [7, 11) is 0. The molecule has 0 aliphatic heterocycles. The van der Waals surface area contributed by atoms with Gasteiger partial charge >= 0.3 is 6.16 Å². The summed E-state index contributed by atoms with van der Waals surface area (Å²) in [5.41, 5.74) is 0.258. The summed E-state index contributed by atoms with van der Waals surface area (Å²) in [5, 5.41) is 4.41. The molecule has 0 aromatic carbocycles. The predicted molar refractivity (Wildman–Crippen MR) is 79.3 cm³/mol. The highest BCUT2D eigenvalue weighted by Gasteiger charge is 2.31. The topological polar surface area (TPSA) is 54.0 Å². The van der Waals surface area contributed by atoms with Crippen LogP contribution < -0.4 is 0 Å². The molecule has 1 rings (SSSR count). The molecule has 0 bridgehead atoms. The van der Waals surface area contributed by atoms with Gasteiger partial charge in [0.2, 0.25) is 0 Å². The van der Waals surface area contributed by atoms with Crippen LogP contribution in [0.3, 0.4) is 0 Å². The minimum absolute atomic E-state index is 0.0569. The molecular weight excluding hydrogens is 272 g/mol. The van der Waals surface area contributed by atoms with Gasteiger partial charge < -0.3 is 4.74 Å². The Kier molecular flexibility index (Phi) is 6.47. The van der Waals surface area contributed by atoms with E-state index in [9.17, 15) is 4.79 Å². The van der Waals surface area contributed by atoms with Crippen LogP contribution in [-0.4, -0.2) is 18.9 Å². The van der Waals surface area contributed by atoms with Crippen molar-refractivity contribution in [3.05, 3.63) is 0 Å². The Morgan fingerprint density at radius 1 is 1.00 bits per heavy atom. The molecule has 5 heteroatoms. The van der Waals surface area contributed by atoms with Crippen molar-refractivity contribution in [2.75, 3.05) is 6.61 Å². The molecule has 0 spiro atoms. The summed E-state index contributed by atoms with van der Waals surface area (Å²) < 4.78 is 5.22. The van der Waals surface area contributed by atoms with Crippen molar-refractivity contribution in [1.29, 1.82) is 0 Å². The maximum Gasteiger partial charge on any atom is 0.542 e. The molecule has 21 heavy (non-hydrogen) atoms. The second-order valence-corrected chi connectivity index (χ2v) is 8.18. The van der Waals surface area contributed by atoms with Gasteiger partial charge in [0.05, 0.1) is 6.61 Å². The zero-order valence-electron chi connectivity index (χ0n) is 14.2. The Balaban J connectivity index is 2.16. The molecule has 124 valence electrons. The van der Waals surface area contributed by atoms with Gasteiger partial charge in [-0.05, 0) is 47.5 Å². The molecule has 1 aliphatic carbocycles. The molecule has 0 amide bonds. The number of carbonyl (C=O) groups excluding carboxylic acids is 1. The molecule has 0 N–H and O–H groups in total. The van der Waals surface area contributed by atoms with Crippen molar-refractivity contribution in [2.45, 2.75) is 73.3 Å². The van der Waals surface area contributed by atoms with E-state index in [-0.39, 0.29) is 11.5 Å². The van der Waals surface area contributed by atoms with E-state index in [0.29, 0.717) is 17.9 Å². The Morgan fingerprint density at radius 3 is 2.05 bits per heavy atom. The summed E-state index contributed by atoms with van der Waals surface area (Å²) in [6.07, 6.45) is 2.98. The van der Waals surface area contributed by atoms with Crippen LogP contribution in [0.1, 0.15) is 67.2 Å². The number of hydrogen-bond donors (Lipinski definition) is 0. The van der Waals surface area contributed by atoms with Gasteiger partial charge in [0.1, 0.15) is 6.10 Å². The first-order valence-corrected chi connectivity index (χ1v) is 7.75. The molecule has 0 unspecified atom stereocenters. The van der Waals surface area contributed by atoms with E-state index in [4.69, 9.17) is 9.62 Å². The Morgan fingerprint density at radius 2 is 1.57 bits per heavy atom. The first-order chi connectivity index (χ1) is 9.58. The fourth-order valence-corrected chi connectivity index (χ4v) is 2.46. The normalized spacial score (nSPS) is 23.7. The lowest BCUT2D eigenvalue weighted by Crippen LogP contribution is -2.30. The highest BCUT2D eigenvalue weighted by atomic mass is 17.5. The summed E-state index contributed by atoms with van der Waals surface area (Å²) in [6, 6.07) is 0. The zero-order chi connectivity index (χ0) is 16.1. The number of hydrogen-bond acceptors (Lipinski definition) is 5. The average molecular weight is 302 g/mol. The van der Waals surface area contributed by atoms with Crippen LogP contribution in [0.25, 0.3) is 0 Å². The quantitative estimate of drug-likeness (QED) is 0.327. The first kappa shape index (κ1) is 18.2. The summed E-state index contributed by atoms with van der Waals surface area (Å²) in [4.78, 5) is 20.7. The minimum Gasteiger partial charge on any atom is -0.429 e. The van der Waals surface area contributed by atoms with Gasteiger partial charge in [-0.3, -0.25) is 0 Å². The van der Waals surface area contributed by atoms with Crippen LogP contribution in [0, 0.1) is 16.7 Å². The second-order valence-electron chi connectivity index (χ2n) is 8.18. The molecule has 0 aromatic heterocycles. The molecule has 0 heterocycles. The molecule has 1 aliphatic rings. The van der Waals surface area contributed by atoms with Gasteiger partial charge in [0.15, 0.2) is 0 Å². The van der Waals surface area contributed by atoms with Crippen LogP contribution in [0.4, 0.5) is 4.79 Å². The van der Waals surface area contributed by atoms with Gasteiger partial charge in [0.25, 0.3) is 0 Å². The molecule has 0 radical (unpaired) electrons.